The molecule has 0 spiro atoms. The first-order valence-corrected chi connectivity index (χ1v) is 46.7. The number of thioether (sulfide) groups is 2. The van der Waals surface area contributed by atoms with Gasteiger partial charge < -0.3 is 91.7 Å². The van der Waals surface area contributed by atoms with E-state index in [1.807, 2.05) is 121 Å². The van der Waals surface area contributed by atoms with Crippen LogP contribution >= 0.6 is 23.5 Å². The number of aromatic nitrogens is 4. The number of primary amides is 2. The highest BCUT2D eigenvalue weighted by Gasteiger charge is 2.46. The molecule has 1 aliphatic carbocycles. The minimum atomic E-state index is -1.43. The van der Waals surface area contributed by atoms with Crippen molar-refractivity contribution in [3.05, 3.63) is 219 Å². The monoisotopic (exact) mass is 1890 g/mol. The molecule has 3 aromatic heterocycles. The number of pyridine rings is 1. The van der Waals surface area contributed by atoms with Crippen LogP contribution in [-0.2, 0) is 90.8 Å². The van der Waals surface area contributed by atoms with Crippen LogP contribution in [0.25, 0.3) is 32.9 Å². The van der Waals surface area contributed by atoms with Crippen molar-refractivity contribution in [3.8, 4) is 28.7 Å². The number of aromatic amines is 1. The summed E-state index contributed by atoms with van der Waals surface area (Å²) in [5.74, 6) is -0.842. The summed E-state index contributed by atoms with van der Waals surface area (Å²) in [6, 6.07) is 48.6. The van der Waals surface area contributed by atoms with Gasteiger partial charge in [-0.2, -0.15) is 0 Å². The second-order valence-electron chi connectivity index (χ2n) is 33.8. The van der Waals surface area contributed by atoms with Gasteiger partial charge in [-0.3, -0.25) is 67.3 Å². The molecule has 5 aliphatic rings. The Kier molecular flexibility index (Phi) is 33.7. The number of urea groups is 1. The number of carbonyl (C=O) groups excluding carboxylic acids is 12. The van der Waals surface area contributed by atoms with Crippen LogP contribution in [-0.4, -0.2) is 248 Å². The van der Waals surface area contributed by atoms with E-state index in [0.717, 1.165) is 88.4 Å². The summed E-state index contributed by atoms with van der Waals surface area (Å²) < 4.78 is 32.4. The maximum Gasteiger partial charge on any atom is 0.332 e. The molecule has 0 bridgehead atoms. The number of benzene rings is 6. The predicted octanol–water partition coefficient (Wildman–Crippen LogP) is 5.73. The van der Waals surface area contributed by atoms with Crippen molar-refractivity contribution < 1.29 is 81.2 Å². The zero-order valence-corrected chi connectivity index (χ0v) is 77.4. The number of H-pyrrole nitrogens is 1. The maximum atomic E-state index is 14.1. The van der Waals surface area contributed by atoms with Crippen LogP contribution < -0.4 is 68.8 Å². The summed E-state index contributed by atoms with van der Waals surface area (Å²) in [5, 5.41) is 20.6. The van der Waals surface area contributed by atoms with Crippen LogP contribution in [0.3, 0.4) is 0 Å². The molecule has 4 aliphatic heterocycles. The van der Waals surface area contributed by atoms with E-state index in [0.29, 0.717) is 80.1 Å². The number of amides is 13. The minimum Gasteiger partial charge on any atom is -0.495 e. The molecule has 38 heteroatoms. The van der Waals surface area contributed by atoms with Crippen molar-refractivity contribution in [2.24, 2.45) is 24.4 Å². The standard InChI is InChI=1S/C98H110N18O18S2/c1-97(107-39-16-19-64-26-31-78(130-3)77(52-64)114-43-35-85(123)116(96(114)129)61-105-90(124)66(54-79(99)117)55-80(100)118)37-44-112(45-38-97)68-33-41-113(42-34-68)95-109-75-30-27-65(74-59-111(2)92(126)86-72(74)32-40-101-86)53-73(75)89(110-95)98(134-69-28-29-69,67-20-10-5-11-21-67)60-133-62-106-83(121)57-104-91(125)76(51-63-17-8-4-9-18-63)108-84(122)58-103-82(120)56-102-81(119)36-47-131-49-50-132-48-46-115-93(127)87(135-70-22-12-6-13-23-70)88(94(115)128)136-71-24-14-7-15-25-71/h4-15,17-18,20-27,30-32,40,52-53,59,66,68-69,76,101,107H,28-29,33-39,41-51,54-58,60-62H2,1-3H3,(H2,99,117)(H2,100,118)(H,102,119)(H,103,120)(H,104,125)(H,105,124)(H,106,121)(H,108,122)/t76-,98-/m0/s1. The number of aryl methyl sites for hydroxylation is 1. The molecule has 36 nitrogen and oxygen atoms in total. The zero-order valence-electron chi connectivity index (χ0n) is 75.7. The molecule has 9 aromatic rings. The second-order valence-corrected chi connectivity index (χ2v) is 36.0. The normalized spacial score (nSPS) is 15.9. The van der Waals surface area contributed by atoms with Gasteiger partial charge in [0.1, 0.15) is 30.7 Å². The number of imide groups is 2. The Hall–Kier alpha value is -13.7. The van der Waals surface area contributed by atoms with E-state index in [-0.39, 0.29) is 95.4 Å². The Balaban J connectivity index is 0.565. The van der Waals surface area contributed by atoms with Gasteiger partial charge in [0.05, 0.1) is 112 Å². The molecular formula is C98H110N18O18S2. The quantitative estimate of drug-likeness (QED) is 0.00943. The fourth-order valence-electron chi connectivity index (χ4n) is 16.6. The number of anilines is 2. The average molecular weight is 1890 g/mol. The summed E-state index contributed by atoms with van der Waals surface area (Å²) in [6.07, 6.45) is 7.18. The lowest BCUT2D eigenvalue weighted by molar-refractivity contribution is -0.138. The molecule has 4 fully saturated rings. The largest absolute Gasteiger partial charge is 0.495 e. The number of piperidine rings is 2. The molecule has 712 valence electrons. The van der Waals surface area contributed by atoms with Crippen molar-refractivity contribution in [3.63, 3.8) is 0 Å². The maximum absolute atomic E-state index is 14.1. The summed E-state index contributed by atoms with van der Waals surface area (Å²) in [7, 11) is 3.17. The fraction of sp³-hybridized carbons (Fsp3) is 0.378. The lowest BCUT2D eigenvalue weighted by Crippen LogP contribution is -2.56. The average Bonchev–Trinajstić information content (AvgIpc) is 1.20. The van der Waals surface area contributed by atoms with Gasteiger partial charge in [0.2, 0.25) is 59.1 Å². The zero-order chi connectivity index (χ0) is 95.8. The number of nitrogens with one attached hydrogen (secondary N) is 8. The molecule has 136 heavy (non-hydrogen) atoms. The summed E-state index contributed by atoms with van der Waals surface area (Å²) in [6.45, 7) is 3.30. The summed E-state index contributed by atoms with van der Waals surface area (Å²) >= 11 is 2.48. The SMILES string of the molecule is COc1ccc(C#CCNC2(C)CCN(C3CCN(c4nc([C@@](COCNC(=O)CNC(=O)[C@H](Cc5ccccc5)NC(=O)CNC(=O)CNC(=O)CCOCCOCCN5C(=O)C(Sc6ccccc6)=C(Sc6ccccc6)C5=O)(OC5CC5)c5ccccc5)c5cc(-c6cn(C)c(=O)c7[nH]ccc67)ccc5n4)CC3)CC2)cc1N1CCC(=O)N(CNC(=O)C(CC(N)=O)CC(N)=O)C1=O. The molecule has 1 saturated carbocycles. The minimum absolute atomic E-state index is 0.00716. The van der Waals surface area contributed by atoms with Gasteiger partial charge in [0.15, 0.2) is 5.60 Å². The number of nitrogens with zero attached hydrogens (tertiary/aromatic N) is 8. The molecule has 14 rings (SSSR count). The lowest BCUT2D eigenvalue weighted by Gasteiger charge is -2.45. The van der Waals surface area contributed by atoms with Gasteiger partial charge >= 0.3 is 6.03 Å². The Bertz CT molecular complexity index is 5960. The van der Waals surface area contributed by atoms with E-state index in [9.17, 15) is 62.3 Å². The van der Waals surface area contributed by atoms with Crippen LogP contribution in [0.15, 0.2) is 201 Å². The number of nitrogens with two attached hydrogens (primary N) is 2. The Labute approximate surface area is 793 Å². The van der Waals surface area contributed by atoms with Gasteiger partial charge in [-0.1, -0.05) is 138 Å². The van der Waals surface area contributed by atoms with E-state index in [4.69, 9.17) is 45.1 Å². The third-order valence-electron chi connectivity index (χ3n) is 24.1. The number of hydrogen-bond donors (Lipinski definition) is 10. The first kappa shape index (κ1) is 98.3. The van der Waals surface area contributed by atoms with E-state index in [1.54, 1.807) is 66.3 Å². The molecule has 6 aromatic carbocycles. The molecule has 0 unspecified atom stereocenters. The van der Waals surface area contributed by atoms with Gasteiger partial charge in [-0.05, 0) is 123 Å². The molecule has 7 heterocycles. The van der Waals surface area contributed by atoms with Crippen molar-refractivity contribution >= 4 is 128 Å². The highest BCUT2D eigenvalue weighted by molar-refractivity contribution is 8.08. The van der Waals surface area contributed by atoms with Gasteiger partial charge in [-0.25, -0.2) is 19.7 Å². The number of methoxy groups -OCH3 is 1. The number of carbonyl (C=O) groups is 12. The Morgan fingerprint density at radius 1 is 0.640 bits per heavy atom. The lowest BCUT2D eigenvalue weighted by atomic mass is 9.87. The van der Waals surface area contributed by atoms with Crippen molar-refractivity contribution in [1.82, 2.24) is 71.4 Å². The van der Waals surface area contributed by atoms with E-state index >= 15 is 0 Å². The van der Waals surface area contributed by atoms with Crippen LogP contribution in [0.4, 0.5) is 16.4 Å². The van der Waals surface area contributed by atoms with Crippen LogP contribution in [0, 0.1) is 17.8 Å². The highest BCUT2D eigenvalue weighted by atomic mass is 32.2. The number of hydrogen-bond acceptors (Lipinski definition) is 25. The van der Waals surface area contributed by atoms with Crippen molar-refractivity contribution in [2.75, 3.05) is 129 Å². The molecule has 0 radical (unpaired) electrons. The van der Waals surface area contributed by atoms with Gasteiger partial charge in [0.25, 0.3) is 17.4 Å². The third-order valence-corrected chi connectivity index (χ3v) is 26.4. The molecule has 2 atom stereocenters. The van der Waals surface area contributed by atoms with Gasteiger partial charge in [0, 0.05) is 128 Å². The molecule has 12 N–H and O–H groups in total. The number of likely N-dealkylation sites (tertiary alicyclic amines) is 1. The van der Waals surface area contributed by atoms with Crippen molar-refractivity contribution in [1.29, 1.82) is 0 Å². The predicted molar refractivity (Wildman–Crippen MR) is 509 cm³/mol. The first-order chi connectivity index (χ1) is 65.8. The van der Waals surface area contributed by atoms with E-state index < -0.39 is 128 Å². The van der Waals surface area contributed by atoms with Gasteiger partial charge in [-0.15, -0.1) is 0 Å². The summed E-state index contributed by atoms with van der Waals surface area (Å²) in [5.41, 5.74) is 14.3. The van der Waals surface area contributed by atoms with Crippen LogP contribution in [0.1, 0.15) is 93.5 Å². The molecule has 13 amide bonds. The second kappa shape index (κ2) is 46.5. The highest BCUT2D eigenvalue weighted by Crippen LogP contribution is 2.46. The Morgan fingerprint density at radius 2 is 1.27 bits per heavy atom. The fourth-order valence-corrected chi connectivity index (χ4v) is 18.7. The molecule has 3 saturated heterocycles. The smallest absolute Gasteiger partial charge is 0.332 e. The molecular weight excluding hydrogens is 1780 g/mol. The Morgan fingerprint density at radius 3 is 1.93 bits per heavy atom. The van der Waals surface area contributed by atoms with Crippen LogP contribution in [0.5, 0.6) is 5.75 Å². The third kappa shape index (κ3) is 25.7. The number of fused-ring (bicyclic) bond motifs is 2. The van der Waals surface area contributed by atoms with Crippen LogP contribution in [0.2, 0.25) is 0 Å². The first-order valence-electron chi connectivity index (χ1n) is 45.1. The number of ether oxygens (including phenoxy) is 5. The van der Waals surface area contributed by atoms with Crippen molar-refractivity contribution in [2.45, 2.75) is 117 Å². The van der Waals surface area contributed by atoms with E-state index in [2.05, 4.69) is 70.8 Å². The van der Waals surface area contributed by atoms with E-state index in [1.165, 1.54) is 40.4 Å². The summed E-state index contributed by atoms with van der Waals surface area (Å²) in [4.78, 5) is 196. The number of rotatable bonds is 45. The topological polar surface area (TPSA) is 467 Å².